The quantitative estimate of drug-likeness (QED) is 0.487. The van der Waals surface area contributed by atoms with Crippen molar-refractivity contribution in [2.24, 2.45) is 0 Å². The zero-order valence-electron chi connectivity index (χ0n) is 19.3. The van der Waals surface area contributed by atoms with Crippen LogP contribution in [-0.4, -0.2) is 61.9 Å². The average Bonchev–Trinajstić information content (AvgIpc) is 3.41. The van der Waals surface area contributed by atoms with E-state index in [0.717, 1.165) is 41.5 Å². The van der Waals surface area contributed by atoms with Gasteiger partial charge in [-0.15, -0.1) is 5.10 Å². The number of esters is 1. The summed E-state index contributed by atoms with van der Waals surface area (Å²) in [5.41, 5.74) is 3.61. The summed E-state index contributed by atoms with van der Waals surface area (Å²) in [6, 6.07) is 6.06. The first-order valence-corrected chi connectivity index (χ1v) is 11.3. The number of nitrogens with zero attached hydrogens (tertiary/aromatic N) is 5. The molecule has 3 heterocycles. The van der Waals surface area contributed by atoms with Crippen molar-refractivity contribution < 1.29 is 14.3 Å². The summed E-state index contributed by atoms with van der Waals surface area (Å²) in [7, 11) is 0. The molecule has 1 aliphatic rings. The Kier molecular flexibility index (Phi) is 7.14. The minimum absolute atomic E-state index is 0.0565. The number of H-pyrrole nitrogens is 1. The Morgan fingerprint density at radius 1 is 1.30 bits per heavy atom. The number of hydrogen-bond acceptors (Lipinski definition) is 8. The molecule has 1 aromatic carbocycles. The second kappa shape index (κ2) is 10.2. The maximum atomic E-state index is 12.9. The molecule has 176 valence electrons. The topological polar surface area (TPSA) is 115 Å². The van der Waals surface area contributed by atoms with Gasteiger partial charge >= 0.3 is 5.97 Å². The molecule has 0 spiro atoms. The summed E-state index contributed by atoms with van der Waals surface area (Å²) >= 11 is 0. The molecule has 0 radical (unpaired) electrons. The van der Waals surface area contributed by atoms with Gasteiger partial charge in [-0.3, -0.25) is 14.5 Å². The maximum Gasteiger partial charge on any atom is 0.327 e. The number of fused-ring (bicyclic) bond motifs is 1. The van der Waals surface area contributed by atoms with Crippen molar-refractivity contribution in [2.75, 3.05) is 19.8 Å². The van der Waals surface area contributed by atoms with Crippen LogP contribution in [0.15, 0.2) is 23.0 Å². The highest BCUT2D eigenvalue weighted by molar-refractivity contribution is 5.83. The number of nitrogens with one attached hydrogen (secondary N) is 1. The predicted octanol–water partition coefficient (Wildman–Crippen LogP) is 1.88. The van der Waals surface area contributed by atoms with Crippen LogP contribution in [0.5, 0.6) is 0 Å². The molecule has 10 nitrogen and oxygen atoms in total. The molecule has 1 N–H and O–H groups in total. The molecule has 1 aliphatic heterocycles. The Hall–Kier alpha value is -3.11. The number of ether oxygens (including phenoxy) is 2. The number of tetrazole rings is 1. The highest BCUT2D eigenvalue weighted by Crippen LogP contribution is 2.20. The first-order chi connectivity index (χ1) is 15.9. The van der Waals surface area contributed by atoms with E-state index in [1.807, 2.05) is 26.0 Å². The Balaban J connectivity index is 1.59. The van der Waals surface area contributed by atoms with Gasteiger partial charge in [0.15, 0.2) is 5.82 Å². The van der Waals surface area contributed by atoms with Crippen LogP contribution < -0.4 is 5.56 Å². The lowest BCUT2D eigenvalue weighted by molar-refractivity contribution is -0.144. The van der Waals surface area contributed by atoms with E-state index in [-0.39, 0.29) is 18.2 Å². The Bertz CT molecular complexity index is 1180. The van der Waals surface area contributed by atoms with Crippen LogP contribution in [0.2, 0.25) is 0 Å². The zero-order valence-corrected chi connectivity index (χ0v) is 19.3. The summed E-state index contributed by atoms with van der Waals surface area (Å²) in [6.45, 7) is 8.22. The smallest absolute Gasteiger partial charge is 0.327 e. The molecule has 1 fully saturated rings. The normalized spacial score (nSPS) is 16.1. The van der Waals surface area contributed by atoms with E-state index in [1.165, 1.54) is 4.68 Å². The molecular formula is C23H30N6O4. The standard InChI is InChI=1S/C23H30N6O4/c1-4-32-22(30)14-29-21(25-26-27-29)13-28(12-18-6-5-7-33-18)11-17-10-19-16(3)8-15(2)9-20(19)24-23(17)31/h8-10,18H,4-7,11-14H2,1-3H3,(H,24,31)/t18-/m0/s1. The number of aromatic nitrogens is 5. The van der Waals surface area contributed by atoms with Gasteiger partial charge in [0.1, 0.15) is 6.54 Å². The van der Waals surface area contributed by atoms with E-state index in [2.05, 4.69) is 31.5 Å². The summed E-state index contributed by atoms with van der Waals surface area (Å²) in [5.74, 6) is 0.138. The molecule has 3 aromatic rings. The molecular weight excluding hydrogens is 424 g/mol. The third kappa shape index (κ3) is 5.63. The fourth-order valence-corrected chi connectivity index (χ4v) is 4.32. The Labute approximate surface area is 191 Å². The lowest BCUT2D eigenvalue weighted by Gasteiger charge is -2.24. The third-order valence-corrected chi connectivity index (χ3v) is 5.82. The lowest BCUT2D eigenvalue weighted by atomic mass is 10.0. The Morgan fingerprint density at radius 3 is 2.91 bits per heavy atom. The number of aromatic amines is 1. The fraction of sp³-hybridized carbons (Fsp3) is 0.522. The van der Waals surface area contributed by atoms with E-state index in [0.29, 0.717) is 37.6 Å². The first-order valence-electron chi connectivity index (χ1n) is 11.3. The average molecular weight is 455 g/mol. The Morgan fingerprint density at radius 2 is 2.15 bits per heavy atom. The van der Waals surface area contributed by atoms with Gasteiger partial charge in [0.2, 0.25) is 0 Å². The molecule has 0 aliphatic carbocycles. The van der Waals surface area contributed by atoms with Crippen LogP contribution in [0, 0.1) is 13.8 Å². The maximum absolute atomic E-state index is 12.9. The van der Waals surface area contributed by atoms with E-state index >= 15 is 0 Å². The number of pyridine rings is 1. The van der Waals surface area contributed by atoms with Crippen molar-refractivity contribution in [3.8, 4) is 0 Å². The highest BCUT2D eigenvalue weighted by atomic mass is 16.5. The van der Waals surface area contributed by atoms with Crippen molar-refractivity contribution in [1.29, 1.82) is 0 Å². The molecule has 1 saturated heterocycles. The van der Waals surface area contributed by atoms with Crippen LogP contribution in [-0.2, 0) is 33.9 Å². The van der Waals surface area contributed by atoms with Crippen molar-refractivity contribution in [3.05, 3.63) is 51.1 Å². The van der Waals surface area contributed by atoms with Gasteiger partial charge in [0, 0.05) is 36.2 Å². The summed E-state index contributed by atoms with van der Waals surface area (Å²) in [6.07, 6.45) is 2.08. The van der Waals surface area contributed by atoms with E-state index in [4.69, 9.17) is 9.47 Å². The van der Waals surface area contributed by atoms with Crippen molar-refractivity contribution >= 4 is 16.9 Å². The van der Waals surface area contributed by atoms with Gasteiger partial charge in [-0.05, 0) is 67.3 Å². The highest BCUT2D eigenvalue weighted by Gasteiger charge is 2.23. The molecule has 4 rings (SSSR count). The molecule has 0 saturated carbocycles. The van der Waals surface area contributed by atoms with Gasteiger partial charge < -0.3 is 14.5 Å². The summed E-state index contributed by atoms with van der Waals surface area (Å²) in [4.78, 5) is 30.0. The van der Waals surface area contributed by atoms with Crippen LogP contribution in [0.4, 0.5) is 0 Å². The van der Waals surface area contributed by atoms with Crippen molar-refractivity contribution in [1.82, 2.24) is 30.1 Å². The van der Waals surface area contributed by atoms with Crippen LogP contribution in [0.3, 0.4) is 0 Å². The minimum atomic E-state index is -0.395. The van der Waals surface area contributed by atoms with Gasteiger partial charge in [-0.1, -0.05) is 6.07 Å². The number of rotatable bonds is 9. The number of aryl methyl sites for hydroxylation is 2. The fourth-order valence-electron chi connectivity index (χ4n) is 4.32. The van der Waals surface area contributed by atoms with E-state index in [1.54, 1.807) is 6.92 Å². The molecule has 0 bridgehead atoms. The van der Waals surface area contributed by atoms with Crippen LogP contribution >= 0.6 is 0 Å². The van der Waals surface area contributed by atoms with Crippen molar-refractivity contribution in [3.63, 3.8) is 0 Å². The number of hydrogen-bond donors (Lipinski definition) is 1. The second-order valence-electron chi connectivity index (χ2n) is 8.53. The summed E-state index contributed by atoms with van der Waals surface area (Å²) in [5, 5.41) is 12.8. The largest absolute Gasteiger partial charge is 0.465 e. The van der Waals surface area contributed by atoms with Gasteiger partial charge in [0.05, 0.1) is 19.3 Å². The number of carbonyl (C=O) groups excluding carboxylic acids is 1. The molecule has 33 heavy (non-hydrogen) atoms. The second-order valence-corrected chi connectivity index (χ2v) is 8.53. The molecule has 1 atom stereocenters. The molecule has 2 aromatic heterocycles. The molecule has 10 heteroatoms. The first kappa shape index (κ1) is 23.1. The van der Waals surface area contributed by atoms with Crippen molar-refractivity contribution in [2.45, 2.75) is 59.4 Å². The minimum Gasteiger partial charge on any atom is -0.465 e. The van der Waals surface area contributed by atoms with Crippen LogP contribution in [0.25, 0.3) is 10.9 Å². The van der Waals surface area contributed by atoms with E-state index < -0.39 is 5.97 Å². The number of benzene rings is 1. The number of carbonyl (C=O) groups is 1. The zero-order chi connectivity index (χ0) is 23.4. The van der Waals surface area contributed by atoms with Crippen LogP contribution in [0.1, 0.15) is 42.3 Å². The van der Waals surface area contributed by atoms with Gasteiger partial charge in [-0.25, -0.2) is 4.68 Å². The third-order valence-electron chi connectivity index (χ3n) is 5.82. The molecule has 0 unspecified atom stereocenters. The molecule has 0 amide bonds. The predicted molar refractivity (Wildman–Crippen MR) is 122 cm³/mol. The van der Waals surface area contributed by atoms with Gasteiger partial charge in [-0.2, -0.15) is 0 Å². The SMILES string of the molecule is CCOC(=O)Cn1nnnc1CN(Cc1cc2c(C)cc(C)cc2[nH]c1=O)C[C@@H]1CCCO1. The monoisotopic (exact) mass is 454 g/mol. The van der Waals surface area contributed by atoms with Gasteiger partial charge in [0.25, 0.3) is 5.56 Å². The van der Waals surface area contributed by atoms with E-state index in [9.17, 15) is 9.59 Å². The lowest BCUT2D eigenvalue weighted by Crippen LogP contribution is -2.34. The summed E-state index contributed by atoms with van der Waals surface area (Å²) < 4.78 is 12.3.